The smallest absolute Gasteiger partial charge is 0.239 e. The number of nitrogen functional groups attached to an aromatic ring is 1. The molecule has 0 aliphatic heterocycles. The summed E-state index contributed by atoms with van der Waals surface area (Å²) in [6, 6.07) is 7.97. The van der Waals surface area contributed by atoms with Crippen LogP contribution in [0.1, 0.15) is 26.3 Å². The Morgan fingerprint density at radius 3 is 2.37 bits per heavy atom. The van der Waals surface area contributed by atoms with Crippen LogP contribution in [0.25, 0.3) is 0 Å². The first kappa shape index (κ1) is 15.5. The Kier molecular flexibility index (Phi) is 5.36. The van der Waals surface area contributed by atoms with E-state index in [9.17, 15) is 4.79 Å². The number of benzene rings is 1. The number of nitrogens with two attached hydrogens (primary N) is 1. The highest BCUT2D eigenvalue weighted by Crippen LogP contribution is 2.15. The second-order valence-corrected chi connectivity index (χ2v) is 5.42. The van der Waals surface area contributed by atoms with Gasteiger partial charge in [-0.25, -0.2) is 0 Å². The second-order valence-electron chi connectivity index (χ2n) is 5.42. The van der Waals surface area contributed by atoms with Crippen LogP contribution in [-0.2, 0) is 11.3 Å². The molecular formula is C15H25N3O. The molecule has 1 unspecified atom stereocenters. The van der Waals surface area contributed by atoms with Gasteiger partial charge in [-0.2, -0.15) is 0 Å². The minimum absolute atomic E-state index is 0.123. The molecular weight excluding hydrogens is 238 g/mol. The monoisotopic (exact) mass is 263 g/mol. The van der Waals surface area contributed by atoms with Crippen molar-refractivity contribution >= 4 is 11.6 Å². The van der Waals surface area contributed by atoms with Crippen molar-refractivity contribution in [3.05, 3.63) is 29.8 Å². The van der Waals surface area contributed by atoms with Gasteiger partial charge in [0.1, 0.15) is 0 Å². The topological polar surface area (TPSA) is 49.6 Å². The van der Waals surface area contributed by atoms with Crippen molar-refractivity contribution in [2.24, 2.45) is 0 Å². The summed E-state index contributed by atoms with van der Waals surface area (Å²) >= 11 is 0. The fourth-order valence-corrected chi connectivity index (χ4v) is 2.18. The van der Waals surface area contributed by atoms with Gasteiger partial charge in [-0.05, 0) is 38.5 Å². The van der Waals surface area contributed by atoms with E-state index in [1.165, 1.54) is 0 Å². The average molecular weight is 263 g/mol. The number of carbonyl (C=O) groups excluding carboxylic acids is 1. The predicted molar refractivity (Wildman–Crippen MR) is 79.7 cm³/mol. The van der Waals surface area contributed by atoms with Gasteiger partial charge in [-0.3, -0.25) is 9.69 Å². The molecule has 1 rings (SSSR count). The molecule has 0 heterocycles. The van der Waals surface area contributed by atoms with E-state index < -0.39 is 0 Å². The zero-order chi connectivity index (χ0) is 14.6. The maximum atomic E-state index is 12.1. The van der Waals surface area contributed by atoms with Crippen LogP contribution in [0, 0.1) is 0 Å². The first-order valence-electron chi connectivity index (χ1n) is 6.64. The summed E-state index contributed by atoms with van der Waals surface area (Å²) in [4.78, 5) is 15.9. The number of amides is 1. The maximum Gasteiger partial charge on any atom is 0.239 e. The number of hydrogen-bond donors (Lipinski definition) is 1. The summed E-state index contributed by atoms with van der Waals surface area (Å²) in [6.07, 6.45) is 0. The largest absolute Gasteiger partial charge is 0.399 e. The molecule has 4 heteroatoms. The van der Waals surface area contributed by atoms with Crippen LogP contribution in [0.15, 0.2) is 24.3 Å². The van der Waals surface area contributed by atoms with E-state index >= 15 is 0 Å². The highest BCUT2D eigenvalue weighted by Gasteiger charge is 2.24. The molecule has 1 aromatic carbocycles. The number of carbonyl (C=O) groups is 1. The summed E-state index contributed by atoms with van der Waals surface area (Å²) in [5, 5.41) is 0. The van der Waals surface area contributed by atoms with Crippen molar-refractivity contribution in [2.45, 2.75) is 39.4 Å². The third-order valence-electron chi connectivity index (χ3n) is 3.28. The zero-order valence-corrected chi connectivity index (χ0v) is 12.6. The molecule has 19 heavy (non-hydrogen) atoms. The molecule has 0 saturated carbocycles. The molecule has 0 aromatic heterocycles. The molecule has 2 N–H and O–H groups in total. The minimum atomic E-state index is -0.142. The van der Waals surface area contributed by atoms with Gasteiger partial charge in [0.25, 0.3) is 0 Å². The Morgan fingerprint density at radius 2 is 1.89 bits per heavy atom. The van der Waals surface area contributed by atoms with Gasteiger partial charge in [0.2, 0.25) is 5.91 Å². The molecule has 0 spiro atoms. The number of likely N-dealkylation sites (N-methyl/N-ethyl adjacent to an activating group) is 1. The van der Waals surface area contributed by atoms with Crippen LogP contribution < -0.4 is 5.73 Å². The fraction of sp³-hybridized carbons (Fsp3) is 0.533. The summed E-state index contributed by atoms with van der Waals surface area (Å²) in [5.74, 6) is 0.123. The molecule has 0 fully saturated rings. The Labute approximate surface area is 116 Å². The van der Waals surface area contributed by atoms with Crippen molar-refractivity contribution in [2.75, 3.05) is 19.8 Å². The quantitative estimate of drug-likeness (QED) is 0.826. The van der Waals surface area contributed by atoms with E-state index in [0.29, 0.717) is 6.04 Å². The lowest BCUT2D eigenvalue weighted by molar-refractivity contribution is -0.134. The first-order valence-corrected chi connectivity index (χ1v) is 6.64. The second kappa shape index (κ2) is 6.57. The highest BCUT2D eigenvalue weighted by molar-refractivity contribution is 5.81. The normalized spacial score (nSPS) is 12.8. The van der Waals surface area contributed by atoms with E-state index in [2.05, 4.69) is 18.7 Å². The van der Waals surface area contributed by atoms with Crippen molar-refractivity contribution in [1.29, 1.82) is 0 Å². The van der Waals surface area contributed by atoms with Crippen LogP contribution in [0.4, 0.5) is 5.69 Å². The summed E-state index contributed by atoms with van der Waals surface area (Å²) < 4.78 is 0. The lowest BCUT2D eigenvalue weighted by Gasteiger charge is -2.33. The van der Waals surface area contributed by atoms with Crippen LogP contribution in [0.3, 0.4) is 0 Å². The van der Waals surface area contributed by atoms with Gasteiger partial charge < -0.3 is 10.6 Å². The molecule has 0 aliphatic carbocycles. The number of hydrogen-bond acceptors (Lipinski definition) is 3. The third kappa shape index (κ3) is 4.24. The Morgan fingerprint density at radius 1 is 1.26 bits per heavy atom. The van der Waals surface area contributed by atoms with Gasteiger partial charge in [-0.15, -0.1) is 0 Å². The van der Waals surface area contributed by atoms with E-state index in [4.69, 9.17) is 5.73 Å². The van der Waals surface area contributed by atoms with Gasteiger partial charge in [0.15, 0.2) is 0 Å². The molecule has 1 aromatic rings. The van der Waals surface area contributed by atoms with Crippen molar-refractivity contribution in [3.63, 3.8) is 0 Å². The van der Waals surface area contributed by atoms with E-state index in [-0.39, 0.29) is 11.9 Å². The minimum Gasteiger partial charge on any atom is -0.399 e. The molecule has 0 aliphatic rings. The van der Waals surface area contributed by atoms with Gasteiger partial charge in [0, 0.05) is 32.4 Å². The molecule has 106 valence electrons. The average Bonchev–Trinajstić information content (AvgIpc) is 2.33. The molecule has 0 saturated heterocycles. The summed E-state index contributed by atoms with van der Waals surface area (Å²) in [5.41, 5.74) is 7.69. The lowest BCUT2D eigenvalue weighted by Crippen LogP contribution is -2.47. The predicted octanol–water partition coefficient (Wildman–Crippen LogP) is 1.96. The first-order chi connectivity index (χ1) is 8.82. The van der Waals surface area contributed by atoms with Crippen LogP contribution in [-0.4, -0.2) is 41.9 Å². The Bertz CT molecular complexity index is 429. The maximum absolute atomic E-state index is 12.1. The third-order valence-corrected chi connectivity index (χ3v) is 3.28. The molecule has 1 amide bonds. The van der Waals surface area contributed by atoms with E-state index in [0.717, 1.165) is 17.8 Å². The Balaban J connectivity index is 2.87. The van der Waals surface area contributed by atoms with E-state index in [1.54, 1.807) is 19.0 Å². The van der Waals surface area contributed by atoms with Crippen molar-refractivity contribution in [3.8, 4) is 0 Å². The van der Waals surface area contributed by atoms with Crippen LogP contribution in [0.5, 0.6) is 0 Å². The Hall–Kier alpha value is -1.55. The van der Waals surface area contributed by atoms with Crippen LogP contribution in [0.2, 0.25) is 0 Å². The summed E-state index contributed by atoms with van der Waals surface area (Å²) in [6.45, 7) is 6.88. The number of anilines is 1. The van der Waals surface area contributed by atoms with Crippen LogP contribution >= 0.6 is 0 Å². The SMILES string of the molecule is CC(C)N(Cc1cccc(N)c1)C(C)C(=O)N(C)C. The molecule has 0 bridgehead atoms. The zero-order valence-electron chi connectivity index (χ0n) is 12.6. The van der Waals surface area contributed by atoms with Crippen molar-refractivity contribution in [1.82, 2.24) is 9.80 Å². The molecule has 1 atom stereocenters. The number of nitrogens with zero attached hydrogens (tertiary/aromatic N) is 2. The lowest BCUT2D eigenvalue weighted by atomic mass is 10.1. The highest BCUT2D eigenvalue weighted by atomic mass is 16.2. The van der Waals surface area contributed by atoms with Crippen molar-refractivity contribution < 1.29 is 4.79 Å². The fourth-order valence-electron chi connectivity index (χ4n) is 2.18. The standard InChI is InChI=1S/C15H25N3O/c1-11(2)18(12(3)15(19)17(4)5)10-13-7-6-8-14(16)9-13/h6-9,11-12H,10,16H2,1-5H3. The molecule has 0 radical (unpaired) electrons. The van der Waals surface area contributed by atoms with Gasteiger partial charge >= 0.3 is 0 Å². The molecule has 4 nitrogen and oxygen atoms in total. The van der Waals surface area contributed by atoms with Gasteiger partial charge in [-0.1, -0.05) is 12.1 Å². The summed E-state index contributed by atoms with van der Waals surface area (Å²) in [7, 11) is 3.58. The van der Waals surface area contributed by atoms with E-state index in [1.807, 2.05) is 31.2 Å². The van der Waals surface area contributed by atoms with Gasteiger partial charge in [0.05, 0.1) is 6.04 Å². The number of rotatable bonds is 5.